The first-order valence-corrected chi connectivity index (χ1v) is 5.80. The lowest BCUT2D eigenvalue weighted by Gasteiger charge is -2.08. The highest BCUT2D eigenvalue weighted by molar-refractivity contribution is 5.91. The van der Waals surface area contributed by atoms with E-state index in [1.807, 2.05) is 6.07 Å². The van der Waals surface area contributed by atoms with Crippen LogP contribution in [0.4, 0.5) is 13.2 Å². The van der Waals surface area contributed by atoms with Gasteiger partial charge in [0.1, 0.15) is 11.8 Å². The number of esters is 1. The minimum atomic E-state index is -4.46. The molecular formula is C15H8F3NO2. The molecule has 6 heteroatoms. The molecule has 3 nitrogen and oxygen atoms in total. The summed E-state index contributed by atoms with van der Waals surface area (Å²) in [5.74, 6) is -0.767. The second-order valence-corrected chi connectivity index (χ2v) is 4.07. The van der Waals surface area contributed by atoms with E-state index in [1.165, 1.54) is 12.1 Å². The maximum absolute atomic E-state index is 12.4. The van der Waals surface area contributed by atoms with Crippen molar-refractivity contribution in [1.29, 1.82) is 5.26 Å². The Morgan fingerprint density at radius 3 is 2.24 bits per heavy atom. The van der Waals surface area contributed by atoms with Gasteiger partial charge in [0.2, 0.25) is 0 Å². The number of hydrogen-bond donors (Lipinski definition) is 0. The van der Waals surface area contributed by atoms with Gasteiger partial charge in [0.25, 0.3) is 0 Å². The predicted octanol–water partition coefficient (Wildman–Crippen LogP) is 3.80. The van der Waals surface area contributed by atoms with Crippen LogP contribution in [0.5, 0.6) is 5.75 Å². The van der Waals surface area contributed by atoms with Crippen molar-refractivity contribution in [3.63, 3.8) is 0 Å². The van der Waals surface area contributed by atoms with E-state index in [0.29, 0.717) is 0 Å². The molecule has 0 spiro atoms. The molecule has 0 radical (unpaired) electrons. The van der Waals surface area contributed by atoms with Crippen molar-refractivity contribution in [1.82, 2.24) is 0 Å². The summed E-state index contributed by atoms with van der Waals surface area (Å²) in [7, 11) is 0. The van der Waals surface area contributed by atoms with Crippen LogP contribution in [-0.4, -0.2) is 5.97 Å². The third kappa shape index (κ3) is 3.39. The van der Waals surface area contributed by atoms with E-state index in [-0.39, 0.29) is 16.9 Å². The maximum Gasteiger partial charge on any atom is 0.416 e. The second kappa shape index (κ2) is 5.67. The maximum atomic E-state index is 12.4. The summed E-state index contributed by atoms with van der Waals surface area (Å²) in [6.07, 6.45) is -4.46. The quantitative estimate of drug-likeness (QED) is 0.624. The molecule has 0 atom stereocenters. The van der Waals surface area contributed by atoms with Gasteiger partial charge in [0, 0.05) is 0 Å². The largest absolute Gasteiger partial charge is 0.422 e. The molecule has 0 N–H and O–H groups in total. The fourth-order valence-corrected chi connectivity index (χ4v) is 1.60. The highest BCUT2D eigenvalue weighted by atomic mass is 19.4. The molecule has 0 saturated heterocycles. The number of benzene rings is 2. The van der Waals surface area contributed by atoms with Gasteiger partial charge in [-0.25, -0.2) is 4.79 Å². The summed E-state index contributed by atoms with van der Waals surface area (Å²) in [6.45, 7) is 0. The van der Waals surface area contributed by atoms with Crippen LogP contribution in [0.3, 0.4) is 0 Å². The van der Waals surface area contributed by atoms with Crippen LogP contribution in [0.25, 0.3) is 0 Å². The Labute approximate surface area is 118 Å². The number of halogens is 3. The van der Waals surface area contributed by atoms with Crippen molar-refractivity contribution in [2.45, 2.75) is 6.18 Å². The minimum absolute atomic E-state index is 0.0317. The monoisotopic (exact) mass is 291 g/mol. The number of carbonyl (C=O) groups is 1. The molecule has 0 bridgehead atoms. The fourth-order valence-electron chi connectivity index (χ4n) is 1.60. The van der Waals surface area contributed by atoms with Crippen molar-refractivity contribution in [2.24, 2.45) is 0 Å². The molecule has 0 heterocycles. The van der Waals surface area contributed by atoms with Gasteiger partial charge >= 0.3 is 12.1 Å². The van der Waals surface area contributed by atoms with Crippen LogP contribution >= 0.6 is 0 Å². The van der Waals surface area contributed by atoms with E-state index in [4.69, 9.17) is 10.00 Å². The predicted molar refractivity (Wildman–Crippen MR) is 67.6 cm³/mol. The first-order valence-electron chi connectivity index (χ1n) is 5.80. The standard InChI is InChI=1S/C15H8F3NO2/c16-15(17,18)12-7-5-10(6-8-12)14(20)21-13-4-2-1-3-11(13)9-19/h1-8H. The van der Waals surface area contributed by atoms with Gasteiger partial charge in [-0.3, -0.25) is 0 Å². The van der Waals surface area contributed by atoms with Crippen molar-refractivity contribution < 1.29 is 22.7 Å². The highest BCUT2D eigenvalue weighted by Gasteiger charge is 2.30. The SMILES string of the molecule is N#Cc1ccccc1OC(=O)c1ccc(C(F)(F)F)cc1. The molecular weight excluding hydrogens is 283 g/mol. The molecule has 0 aliphatic heterocycles. The van der Waals surface area contributed by atoms with Crippen molar-refractivity contribution in [3.05, 3.63) is 65.2 Å². The van der Waals surface area contributed by atoms with Crippen LogP contribution in [0.1, 0.15) is 21.5 Å². The minimum Gasteiger partial charge on any atom is -0.422 e. The molecule has 21 heavy (non-hydrogen) atoms. The van der Waals surface area contributed by atoms with Gasteiger partial charge in [-0.05, 0) is 36.4 Å². The van der Waals surface area contributed by atoms with Crippen molar-refractivity contribution >= 4 is 5.97 Å². The van der Waals surface area contributed by atoms with E-state index in [1.54, 1.807) is 12.1 Å². The van der Waals surface area contributed by atoms with E-state index < -0.39 is 17.7 Å². The highest BCUT2D eigenvalue weighted by Crippen LogP contribution is 2.29. The number of nitrogens with zero attached hydrogens (tertiary/aromatic N) is 1. The van der Waals surface area contributed by atoms with Crippen molar-refractivity contribution in [2.75, 3.05) is 0 Å². The van der Waals surface area contributed by atoms with E-state index in [0.717, 1.165) is 24.3 Å². The molecule has 0 fully saturated rings. The third-order valence-electron chi connectivity index (χ3n) is 2.66. The van der Waals surface area contributed by atoms with Crippen LogP contribution < -0.4 is 4.74 Å². The Morgan fingerprint density at radius 1 is 1.05 bits per heavy atom. The zero-order chi connectivity index (χ0) is 15.5. The van der Waals surface area contributed by atoms with E-state index in [2.05, 4.69) is 0 Å². The molecule has 0 aliphatic rings. The number of para-hydroxylation sites is 1. The zero-order valence-corrected chi connectivity index (χ0v) is 10.5. The number of alkyl halides is 3. The molecule has 0 amide bonds. The number of hydrogen-bond acceptors (Lipinski definition) is 3. The van der Waals surface area contributed by atoms with Crippen LogP contribution in [0.15, 0.2) is 48.5 Å². The summed E-state index contributed by atoms with van der Waals surface area (Å²) in [5.41, 5.74) is -0.718. The smallest absolute Gasteiger partial charge is 0.416 e. The Hall–Kier alpha value is -2.81. The molecule has 2 aromatic carbocycles. The van der Waals surface area contributed by atoms with Gasteiger partial charge < -0.3 is 4.74 Å². The summed E-state index contributed by atoms with van der Waals surface area (Å²) < 4.78 is 42.2. The topological polar surface area (TPSA) is 50.1 Å². The summed E-state index contributed by atoms with van der Waals surface area (Å²) in [4.78, 5) is 11.8. The molecule has 0 aromatic heterocycles. The molecule has 106 valence electrons. The Bertz CT molecular complexity index is 700. The number of carbonyl (C=O) groups excluding carboxylic acids is 1. The van der Waals surface area contributed by atoms with Gasteiger partial charge in [0.05, 0.1) is 16.7 Å². The molecule has 0 unspecified atom stereocenters. The lowest BCUT2D eigenvalue weighted by molar-refractivity contribution is -0.137. The van der Waals surface area contributed by atoms with Gasteiger partial charge in [-0.1, -0.05) is 12.1 Å². The first kappa shape index (κ1) is 14.6. The van der Waals surface area contributed by atoms with E-state index in [9.17, 15) is 18.0 Å². The average molecular weight is 291 g/mol. The molecule has 0 saturated carbocycles. The molecule has 0 aliphatic carbocycles. The van der Waals surface area contributed by atoms with Crippen molar-refractivity contribution in [3.8, 4) is 11.8 Å². The van der Waals surface area contributed by atoms with Crippen LogP contribution in [-0.2, 0) is 6.18 Å². The van der Waals surface area contributed by atoms with E-state index >= 15 is 0 Å². The first-order chi connectivity index (χ1) is 9.91. The molecule has 2 rings (SSSR count). The summed E-state index contributed by atoms with van der Waals surface area (Å²) >= 11 is 0. The number of nitriles is 1. The van der Waals surface area contributed by atoms with Gasteiger partial charge in [-0.2, -0.15) is 18.4 Å². The van der Waals surface area contributed by atoms with Gasteiger partial charge in [-0.15, -0.1) is 0 Å². The van der Waals surface area contributed by atoms with Gasteiger partial charge in [0.15, 0.2) is 0 Å². The van der Waals surface area contributed by atoms with Crippen LogP contribution in [0, 0.1) is 11.3 Å². The number of rotatable bonds is 2. The number of ether oxygens (including phenoxy) is 1. The van der Waals surface area contributed by atoms with Crippen LogP contribution in [0.2, 0.25) is 0 Å². The lowest BCUT2D eigenvalue weighted by atomic mass is 10.1. The fraction of sp³-hybridized carbons (Fsp3) is 0.0667. The lowest BCUT2D eigenvalue weighted by Crippen LogP contribution is -2.10. The Balaban J connectivity index is 2.20. The Morgan fingerprint density at radius 2 is 1.67 bits per heavy atom. The third-order valence-corrected chi connectivity index (χ3v) is 2.66. The summed E-state index contributed by atoms with van der Waals surface area (Å²) in [5, 5.41) is 8.86. The average Bonchev–Trinajstić information content (AvgIpc) is 2.47. The second-order valence-electron chi connectivity index (χ2n) is 4.07. The Kier molecular flexibility index (Phi) is 3.94. The molecule has 2 aromatic rings. The summed E-state index contributed by atoms with van der Waals surface area (Å²) in [6, 6.07) is 11.6. The zero-order valence-electron chi connectivity index (χ0n) is 10.5. The normalized spacial score (nSPS) is 10.8.